The summed E-state index contributed by atoms with van der Waals surface area (Å²) >= 11 is 5.87. The van der Waals surface area contributed by atoms with Crippen LogP contribution < -0.4 is 4.74 Å². The van der Waals surface area contributed by atoms with Crippen molar-refractivity contribution >= 4 is 17.3 Å². The Hall–Kier alpha value is -1.37. The fourth-order valence-corrected chi connectivity index (χ4v) is 1.75. The van der Waals surface area contributed by atoms with E-state index in [1.54, 1.807) is 0 Å². The van der Waals surface area contributed by atoms with Gasteiger partial charge in [-0.1, -0.05) is 11.6 Å². The number of nitro benzene ring substituents is 1. The lowest BCUT2D eigenvalue weighted by Crippen LogP contribution is -2.19. The SMILES string of the molecule is COC1OCOc2c(Cl)cc([N+](=O)[O-])cc21. The first kappa shape index (κ1) is 11.1. The minimum absolute atomic E-state index is 0.00301. The topological polar surface area (TPSA) is 70.8 Å². The van der Waals surface area contributed by atoms with Gasteiger partial charge in [0.15, 0.2) is 13.1 Å². The van der Waals surface area contributed by atoms with Crippen molar-refractivity contribution < 1.29 is 19.1 Å². The van der Waals surface area contributed by atoms with Gasteiger partial charge in [0, 0.05) is 19.2 Å². The molecule has 1 atom stereocenters. The summed E-state index contributed by atoms with van der Waals surface area (Å²) in [5.74, 6) is 0.366. The normalized spacial score (nSPS) is 18.8. The first-order valence-electron chi connectivity index (χ1n) is 4.38. The molecule has 2 rings (SSSR count). The molecule has 1 aliphatic rings. The maximum atomic E-state index is 10.7. The molecule has 1 unspecified atom stereocenters. The van der Waals surface area contributed by atoms with Gasteiger partial charge in [-0.25, -0.2) is 0 Å². The lowest BCUT2D eigenvalue weighted by Gasteiger charge is -2.25. The number of non-ortho nitro benzene ring substituents is 1. The van der Waals surface area contributed by atoms with Crippen LogP contribution in [-0.2, 0) is 9.47 Å². The molecule has 0 amide bonds. The number of halogens is 1. The number of hydrogen-bond donors (Lipinski definition) is 0. The number of ether oxygens (including phenoxy) is 3. The highest BCUT2D eigenvalue weighted by molar-refractivity contribution is 6.32. The third-order valence-electron chi connectivity index (χ3n) is 2.16. The van der Waals surface area contributed by atoms with E-state index in [1.807, 2.05) is 0 Å². The molecular formula is C9H8ClNO5. The van der Waals surface area contributed by atoms with Crippen molar-refractivity contribution in [2.45, 2.75) is 6.29 Å². The highest BCUT2D eigenvalue weighted by Crippen LogP contribution is 2.40. The average molecular weight is 246 g/mol. The highest BCUT2D eigenvalue weighted by atomic mass is 35.5. The Morgan fingerprint density at radius 1 is 1.62 bits per heavy atom. The van der Waals surface area contributed by atoms with Gasteiger partial charge in [0.25, 0.3) is 5.69 Å². The van der Waals surface area contributed by atoms with Gasteiger partial charge in [-0.15, -0.1) is 0 Å². The Balaban J connectivity index is 2.54. The Bertz CT molecular complexity index is 436. The third kappa shape index (κ3) is 1.82. The zero-order chi connectivity index (χ0) is 11.7. The standard InChI is InChI=1S/C9H8ClNO5/c1-14-9-6-2-5(11(12)13)3-7(10)8(6)15-4-16-9/h2-3,9H,4H2,1H3. The van der Waals surface area contributed by atoms with Crippen molar-refractivity contribution in [2.75, 3.05) is 13.9 Å². The molecule has 0 aromatic heterocycles. The van der Waals surface area contributed by atoms with E-state index in [0.29, 0.717) is 11.3 Å². The molecule has 0 bridgehead atoms. The molecule has 0 N–H and O–H groups in total. The summed E-state index contributed by atoms with van der Waals surface area (Å²) < 4.78 is 15.3. The molecule has 1 aliphatic heterocycles. The first-order valence-corrected chi connectivity index (χ1v) is 4.76. The average Bonchev–Trinajstić information content (AvgIpc) is 2.28. The van der Waals surface area contributed by atoms with Crippen LogP contribution in [0.4, 0.5) is 5.69 Å². The van der Waals surface area contributed by atoms with E-state index < -0.39 is 11.2 Å². The van der Waals surface area contributed by atoms with Crippen molar-refractivity contribution in [1.82, 2.24) is 0 Å². The van der Waals surface area contributed by atoms with E-state index in [2.05, 4.69) is 0 Å². The number of fused-ring (bicyclic) bond motifs is 1. The van der Waals surface area contributed by atoms with Gasteiger partial charge in [-0.05, 0) is 0 Å². The second kappa shape index (κ2) is 4.25. The molecule has 0 aliphatic carbocycles. The zero-order valence-corrected chi connectivity index (χ0v) is 9.06. The fourth-order valence-electron chi connectivity index (χ4n) is 1.47. The van der Waals surface area contributed by atoms with E-state index in [0.717, 1.165) is 0 Å². The van der Waals surface area contributed by atoms with Gasteiger partial charge in [-0.3, -0.25) is 10.1 Å². The van der Waals surface area contributed by atoms with Gasteiger partial charge >= 0.3 is 0 Å². The highest BCUT2D eigenvalue weighted by Gasteiger charge is 2.27. The van der Waals surface area contributed by atoms with Gasteiger partial charge < -0.3 is 14.2 Å². The van der Waals surface area contributed by atoms with Crippen molar-refractivity contribution in [1.29, 1.82) is 0 Å². The van der Waals surface area contributed by atoms with E-state index in [-0.39, 0.29) is 17.5 Å². The summed E-state index contributed by atoms with van der Waals surface area (Å²) in [7, 11) is 1.44. The van der Waals surface area contributed by atoms with Crippen LogP contribution in [0.3, 0.4) is 0 Å². The predicted molar refractivity (Wildman–Crippen MR) is 54.4 cm³/mol. The first-order chi connectivity index (χ1) is 7.63. The second-order valence-corrected chi connectivity index (χ2v) is 3.51. The quantitative estimate of drug-likeness (QED) is 0.590. The van der Waals surface area contributed by atoms with Gasteiger partial charge in [0.2, 0.25) is 0 Å². The molecule has 0 spiro atoms. The lowest BCUT2D eigenvalue weighted by molar-refractivity contribution is -0.385. The van der Waals surface area contributed by atoms with Gasteiger partial charge in [0.1, 0.15) is 5.75 Å². The van der Waals surface area contributed by atoms with Crippen LogP contribution in [0, 0.1) is 10.1 Å². The van der Waals surface area contributed by atoms with E-state index in [9.17, 15) is 10.1 Å². The summed E-state index contributed by atoms with van der Waals surface area (Å²) in [6.07, 6.45) is -0.693. The van der Waals surface area contributed by atoms with Gasteiger partial charge in [-0.2, -0.15) is 0 Å². The smallest absolute Gasteiger partial charge is 0.271 e. The molecule has 0 saturated heterocycles. The predicted octanol–water partition coefficient (Wildman–Crippen LogP) is 2.26. The van der Waals surface area contributed by atoms with Crippen LogP contribution in [0.1, 0.15) is 11.9 Å². The number of rotatable bonds is 2. The number of nitrogens with zero attached hydrogens (tertiary/aromatic N) is 1. The number of hydrogen-bond acceptors (Lipinski definition) is 5. The molecule has 7 heteroatoms. The van der Waals surface area contributed by atoms with Crippen molar-refractivity contribution in [3.8, 4) is 5.75 Å². The van der Waals surface area contributed by atoms with E-state index in [1.165, 1.54) is 19.2 Å². The Labute approximate surface area is 95.8 Å². The van der Waals surface area contributed by atoms with Crippen LogP contribution in [0.25, 0.3) is 0 Å². The van der Waals surface area contributed by atoms with E-state index >= 15 is 0 Å². The number of methoxy groups -OCH3 is 1. The fraction of sp³-hybridized carbons (Fsp3) is 0.333. The van der Waals surface area contributed by atoms with Crippen LogP contribution >= 0.6 is 11.6 Å². The lowest BCUT2D eigenvalue weighted by atomic mass is 10.1. The largest absolute Gasteiger partial charge is 0.465 e. The molecule has 0 fully saturated rings. The summed E-state index contributed by atoms with van der Waals surface area (Å²) in [5, 5.41) is 10.8. The summed E-state index contributed by atoms with van der Waals surface area (Å²) in [5.41, 5.74) is 0.299. The van der Waals surface area contributed by atoms with Crippen LogP contribution in [-0.4, -0.2) is 18.8 Å². The molecule has 1 aromatic rings. The monoisotopic (exact) mass is 245 g/mol. The Morgan fingerprint density at radius 2 is 2.38 bits per heavy atom. The number of nitro groups is 1. The molecule has 0 radical (unpaired) electrons. The Morgan fingerprint density at radius 3 is 3.00 bits per heavy atom. The molecule has 86 valence electrons. The second-order valence-electron chi connectivity index (χ2n) is 3.10. The minimum atomic E-state index is -0.693. The molecule has 6 nitrogen and oxygen atoms in total. The van der Waals surface area contributed by atoms with Crippen molar-refractivity contribution in [2.24, 2.45) is 0 Å². The van der Waals surface area contributed by atoms with Crippen LogP contribution in [0.15, 0.2) is 12.1 Å². The van der Waals surface area contributed by atoms with Crippen LogP contribution in [0.2, 0.25) is 5.02 Å². The molecular weight excluding hydrogens is 238 g/mol. The zero-order valence-electron chi connectivity index (χ0n) is 8.31. The van der Waals surface area contributed by atoms with E-state index in [4.69, 9.17) is 25.8 Å². The molecule has 1 heterocycles. The Kier molecular flexibility index (Phi) is 2.95. The molecule has 1 aromatic carbocycles. The maximum absolute atomic E-state index is 10.7. The maximum Gasteiger partial charge on any atom is 0.271 e. The van der Waals surface area contributed by atoms with Crippen molar-refractivity contribution in [3.63, 3.8) is 0 Å². The summed E-state index contributed by atoms with van der Waals surface area (Å²) in [4.78, 5) is 10.1. The van der Waals surface area contributed by atoms with Crippen LogP contribution in [0.5, 0.6) is 5.75 Å². The van der Waals surface area contributed by atoms with Gasteiger partial charge in [0.05, 0.1) is 15.5 Å². The molecule has 0 saturated carbocycles. The number of benzene rings is 1. The third-order valence-corrected chi connectivity index (χ3v) is 2.44. The van der Waals surface area contributed by atoms with Crippen molar-refractivity contribution in [3.05, 3.63) is 32.8 Å². The summed E-state index contributed by atoms with van der Waals surface area (Å²) in [6, 6.07) is 2.56. The molecule has 16 heavy (non-hydrogen) atoms. The summed E-state index contributed by atoms with van der Waals surface area (Å²) in [6.45, 7) is 0.00301. The minimum Gasteiger partial charge on any atom is -0.465 e.